The molecule has 0 aliphatic rings. The highest BCUT2D eigenvalue weighted by molar-refractivity contribution is 5.79. The highest BCUT2D eigenvalue weighted by atomic mass is 16.5. The fourth-order valence-electron chi connectivity index (χ4n) is 1.80. The molecule has 0 spiro atoms. The van der Waals surface area contributed by atoms with E-state index in [0.717, 1.165) is 17.7 Å². The first-order valence-corrected chi connectivity index (χ1v) is 6.06. The van der Waals surface area contributed by atoms with Gasteiger partial charge in [-0.05, 0) is 12.5 Å². The van der Waals surface area contributed by atoms with Crippen LogP contribution in [0.15, 0.2) is 24.3 Å². The minimum absolute atomic E-state index is 0.0410. The monoisotopic (exact) mass is 245 g/mol. The van der Waals surface area contributed by atoms with Crippen LogP contribution in [0, 0.1) is 12.3 Å². The second-order valence-corrected chi connectivity index (χ2v) is 4.01. The van der Waals surface area contributed by atoms with E-state index in [1.165, 1.54) is 0 Å². The summed E-state index contributed by atoms with van der Waals surface area (Å²) in [7, 11) is 1.61. The van der Waals surface area contributed by atoms with Gasteiger partial charge in [-0.15, -0.1) is 6.42 Å². The zero-order valence-electron chi connectivity index (χ0n) is 11.0. The molecule has 1 aromatic rings. The van der Waals surface area contributed by atoms with Gasteiger partial charge in [-0.3, -0.25) is 4.79 Å². The van der Waals surface area contributed by atoms with Gasteiger partial charge in [-0.2, -0.15) is 0 Å². The SMILES string of the molecule is C#CCN(CCC)C(=O)Cc1ccccc1OC. The van der Waals surface area contributed by atoms with Crippen molar-refractivity contribution in [2.24, 2.45) is 0 Å². The molecule has 0 saturated carbocycles. The molecule has 3 heteroatoms. The van der Waals surface area contributed by atoms with Gasteiger partial charge in [0, 0.05) is 12.1 Å². The Morgan fingerprint density at radius 3 is 2.78 bits per heavy atom. The molecular formula is C15H19NO2. The van der Waals surface area contributed by atoms with Crippen LogP contribution in [0.5, 0.6) is 5.75 Å². The molecule has 0 radical (unpaired) electrons. The Bertz CT molecular complexity index is 434. The average molecular weight is 245 g/mol. The zero-order chi connectivity index (χ0) is 13.4. The summed E-state index contributed by atoms with van der Waals surface area (Å²) in [5.41, 5.74) is 0.892. The summed E-state index contributed by atoms with van der Waals surface area (Å²) in [5.74, 6) is 3.30. The van der Waals surface area contributed by atoms with Crippen molar-refractivity contribution in [3.63, 3.8) is 0 Å². The maximum Gasteiger partial charge on any atom is 0.227 e. The maximum atomic E-state index is 12.1. The summed E-state index contributed by atoms with van der Waals surface area (Å²) in [6.45, 7) is 3.08. The molecule has 0 heterocycles. The maximum absolute atomic E-state index is 12.1. The van der Waals surface area contributed by atoms with Crippen molar-refractivity contribution in [3.05, 3.63) is 29.8 Å². The number of rotatable bonds is 6. The Morgan fingerprint density at radius 2 is 2.17 bits per heavy atom. The molecule has 18 heavy (non-hydrogen) atoms. The van der Waals surface area contributed by atoms with E-state index in [2.05, 4.69) is 5.92 Å². The molecule has 0 aromatic heterocycles. The van der Waals surface area contributed by atoms with Crippen molar-refractivity contribution in [1.82, 2.24) is 4.90 Å². The average Bonchev–Trinajstić information content (AvgIpc) is 2.39. The van der Waals surface area contributed by atoms with Crippen molar-refractivity contribution < 1.29 is 9.53 Å². The van der Waals surface area contributed by atoms with Crippen LogP contribution in [-0.2, 0) is 11.2 Å². The van der Waals surface area contributed by atoms with E-state index >= 15 is 0 Å². The third-order valence-electron chi connectivity index (χ3n) is 2.66. The van der Waals surface area contributed by atoms with Gasteiger partial charge in [0.1, 0.15) is 5.75 Å². The van der Waals surface area contributed by atoms with E-state index in [4.69, 9.17) is 11.2 Å². The van der Waals surface area contributed by atoms with Crippen LogP contribution < -0.4 is 4.74 Å². The number of carbonyl (C=O) groups is 1. The Hall–Kier alpha value is -1.95. The predicted octanol–water partition coefficient (Wildman–Crippen LogP) is 2.11. The summed E-state index contributed by atoms with van der Waals surface area (Å²) in [4.78, 5) is 13.8. The van der Waals surface area contributed by atoms with Crippen LogP contribution in [0.25, 0.3) is 0 Å². The summed E-state index contributed by atoms with van der Waals surface area (Å²) in [6, 6.07) is 7.54. The molecule has 0 fully saturated rings. The van der Waals surface area contributed by atoms with E-state index in [1.807, 2.05) is 31.2 Å². The van der Waals surface area contributed by atoms with E-state index < -0.39 is 0 Å². The van der Waals surface area contributed by atoms with E-state index in [1.54, 1.807) is 12.0 Å². The van der Waals surface area contributed by atoms with Gasteiger partial charge in [0.25, 0.3) is 0 Å². The molecule has 0 N–H and O–H groups in total. The van der Waals surface area contributed by atoms with Crippen LogP contribution in [0.4, 0.5) is 0 Å². The van der Waals surface area contributed by atoms with Crippen molar-refractivity contribution in [3.8, 4) is 18.1 Å². The second kappa shape index (κ2) is 7.39. The topological polar surface area (TPSA) is 29.5 Å². The van der Waals surface area contributed by atoms with Gasteiger partial charge in [0.2, 0.25) is 5.91 Å². The van der Waals surface area contributed by atoms with Crippen LogP contribution in [-0.4, -0.2) is 31.0 Å². The van der Waals surface area contributed by atoms with Gasteiger partial charge in [-0.25, -0.2) is 0 Å². The number of benzene rings is 1. The third-order valence-corrected chi connectivity index (χ3v) is 2.66. The molecule has 0 aliphatic carbocycles. The van der Waals surface area contributed by atoms with Gasteiger partial charge >= 0.3 is 0 Å². The van der Waals surface area contributed by atoms with Crippen LogP contribution in [0.3, 0.4) is 0 Å². The highest BCUT2D eigenvalue weighted by Gasteiger charge is 2.14. The lowest BCUT2D eigenvalue weighted by Crippen LogP contribution is -2.33. The van der Waals surface area contributed by atoms with Gasteiger partial charge in [0.15, 0.2) is 0 Å². The normalized spacial score (nSPS) is 9.61. The highest BCUT2D eigenvalue weighted by Crippen LogP contribution is 2.18. The smallest absolute Gasteiger partial charge is 0.227 e. The Labute approximate surface area is 109 Å². The fourth-order valence-corrected chi connectivity index (χ4v) is 1.80. The van der Waals surface area contributed by atoms with E-state index in [0.29, 0.717) is 19.5 Å². The standard InChI is InChI=1S/C15H19NO2/c1-4-10-16(11-5-2)15(17)12-13-8-6-7-9-14(13)18-3/h1,6-9H,5,10-12H2,2-3H3. The van der Waals surface area contributed by atoms with Crippen molar-refractivity contribution >= 4 is 5.91 Å². The number of hydrogen-bond donors (Lipinski definition) is 0. The summed E-state index contributed by atoms with van der Waals surface area (Å²) < 4.78 is 5.23. The molecule has 96 valence electrons. The number of nitrogens with zero attached hydrogens (tertiary/aromatic N) is 1. The van der Waals surface area contributed by atoms with Crippen molar-refractivity contribution in [1.29, 1.82) is 0 Å². The minimum Gasteiger partial charge on any atom is -0.496 e. The summed E-state index contributed by atoms with van der Waals surface area (Å²) >= 11 is 0. The van der Waals surface area contributed by atoms with Crippen molar-refractivity contribution in [2.45, 2.75) is 19.8 Å². The Morgan fingerprint density at radius 1 is 1.44 bits per heavy atom. The molecule has 1 amide bonds. The lowest BCUT2D eigenvalue weighted by atomic mass is 10.1. The van der Waals surface area contributed by atoms with Gasteiger partial charge < -0.3 is 9.64 Å². The second-order valence-electron chi connectivity index (χ2n) is 4.01. The van der Waals surface area contributed by atoms with Gasteiger partial charge in [0.05, 0.1) is 20.1 Å². The lowest BCUT2D eigenvalue weighted by Gasteiger charge is -2.20. The molecular weight excluding hydrogens is 226 g/mol. The molecule has 3 nitrogen and oxygen atoms in total. The number of ether oxygens (including phenoxy) is 1. The molecule has 1 rings (SSSR count). The Balaban J connectivity index is 2.76. The minimum atomic E-state index is 0.0410. The fraction of sp³-hybridized carbons (Fsp3) is 0.400. The lowest BCUT2D eigenvalue weighted by molar-refractivity contribution is -0.129. The van der Waals surface area contributed by atoms with Crippen LogP contribution in [0.1, 0.15) is 18.9 Å². The van der Waals surface area contributed by atoms with Gasteiger partial charge in [-0.1, -0.05) is 31.0 Å². The van der Waals surface area contributed by atoms with E-state index in [-0.39, 0.29) is 5.91 Å². The van der Waals surface area contributed by atoms with Crippen LogP contribution >= 0.6 is 0 Å². The van der Waals surface area contributed by atoms with E-state index in [9.17, 15) is 4.79 Å². The molecule has 1 aromatic carbocycles. The summed E-state index contributed by atoms with van der Waals surface area (Å²) in [5, 5.41) is 0. The molecule has 0 bridgehead atoms. The van der Waals surface area contributed by atoms with Crippen LogP contribution in [0.2, 0.25) is 0 Å². The molecule has 0 saturated heterocycles. The van der Waals surface area contributed by atoms with Crippen molar-refractivity contribution in [2.75, 3.05) is 20.2 Å². The number of terminal acetylenes is 1. The number of methoxy groups -OCH3 is 1. The number of amides is 1. The number of carbonyl (C=O) groups excluding carboxylic acids is 1. The molecule has 0 atom stereocenters. The number of para-hydroxylation sites is 1. The third kappa shape index (κ3) is 3.81. The zero-order valence-corrected chi connectivity index (χ0v) is 11.0. The first-order valence-electron chi connectivity index (χ1n) is 6.06. The predicted molar refractivity (Wildman–Crippen MR) is 72.4 cm³/mol. The molecule has 0 unspecified atom stereocenters. The first-order chi connectivity index (χ1) is 8.72. The first kappa shape index (κ1) is 14.1. The Kier molecular flexibility index (Phi) is 5.79. The quantitative estimate of drug-likeness (QED) is 0.718. The number of hydrogen-bond acceptors (Lipinski definition) is 2. The largest absolute Gasteiger partial charge is 0.496 e. The summed E-state index contributed by atoms with van der Waals surface area (Å²) in [6.07, 6.45) is 6.51. The molecule has 0 aliphatic heterocycles.